The molecule has 0 saturated heterocycles. The van der Waals surface area contributed by atoms with Crippen LogP contribution in [0.2, 0.25) is 0 Å². The highest BCUT2D eigenvalue weighted by Gasteiger charge is 2.33. The first kappa shape index (κ1) is 16.5. The molecular formula is C17H22N2O2S. The van der Waals surface area contributed by atoms with Gasteiger partial charge in [0.15, 0.2) is 5.11 Å². The number of nitrogens with zero attached hydrogens (tertiary/aromatic N) is 1. The molecule has 0 spiro atoms. The van der Waals surface area contributed by atoms with E-state index < -0.39 is 0 Å². The van der Waals surface area contributed by atoms with Crippen LogP contribution in [0, 0.1) is 0 Å². The van der Waals surface area contributed by atoms with Crippen LogP contribution in [0.25, 0.3) is 0 Å². The first-order chi connectivity index (χ1) is 10.6. The largest absolute Gasteiger partial charge is 0.463 e. The van der Waals surface area contributed by atoms with E-state index in [-0.39, 0.29) is 12.0 Å². The SMILES string of the molecule is CCC[C@@H]1NC(=S)N(c2ccccc2)C(C)=C1C(=O)OCC. The van der Waals surface area contributed by atoms with Crippen molar-refractivity contribution in [3.8, 4) is 0 Å². The highest BCUT2D eigenvalue weighted by molar-refractivity contribution is 7.80. The van der Waals surface area contributed by atoms with Gasteiger partial charge >= 0.3 is 5.97 Å². The van der Waals surface area contributed by atoms with Crippen molar-refractivity contribution in [1.29, 1.82) is 0 Å². The van der Waals surface area contributed by atoms with Gasteiger partial charge in [-0.3, -0.25) is 4.90 Å². The summed E-state index contributed by atoms with van der Waals surface area (Å²) < 4.78 is 5.24. The van der Waals surface area contributed by atoms with Gasteiger partial charge in [0.1, 0.15) is 0 Å². The summed E-state index contributed by atoms with van der Waals surface area (Å²) in [6, 6.07) is 9.72. The minimum Gasteiger partial charge on any atom is -0.463 e. The molecule has 1 atom stereocenters. The number of nitrogens with one attached hydrogen (secondary N) is 1. The number of thiocarbonyl (C=S) groups is 1. The minimum absolute atomic E-state index is 0.0866. The third-order valence-electron chi connectivity index (χ3n) is 3.66. The van der Waals surface area contributed by atoms with Crippen LogP contribution in [-0.2, 0) is 9.53 Å². The second-order valence-electron chi connectivity index (χ2n) is 5.18. The fourth-order valence-electron chi connectivity index (χ4n) is 2.70. The number of ether oxygens (including phenoxy) is 1. The van der Waals surface area contributed by atoms with Gasteiger partial charge in [-0.05, 0) is 44.6 Å². The molecule has 1 aromatic rings. The molecule has 1 aliphatic heterocycles. The molecule has 1 aromatic carbocycles. The zero-order valence-corrected chi connectivity index (χ0v) is 14.1. The van der Waals surface area contributed by atoms with Crippen molar-refractivity contribution in [3.05, 3.63) is 41.6 Å². The van der Waals surface area contributed by atoms with Gasteiger partial charge in [0.2, 0.25) is 0 Å². The van der Waals surface area contributed by atoms with Gasteiger partial charge in [-0.25, -0.2) is 4.79 Å². The summed E-state index contributed by atoms with van der Waals surface area (Å²) >= 11 is 5.51. The molecule has 0 aliphatic carbocycles. The molecule has 22 heavy (non-hydrogen) atoms. The number of para-hydroxylation sites is 1. The van der Waals surface area contributed by atoms with E-state index in [9.17, 15) is 4.79 Å². The molecule has 2 rings (SSSR count). The maximum atomic E-state index is 12.4. The molecular weight excluding hydrogens is 296 g/mol. The zero-order valence-electron chi connectivity index (χ0n) is 13.3. The number of esters is 1. The molecule has 1 aliphatic rings. The maximum absolute atomic E-state index is 12.4. The quantitative estimate of drug-likeness (QED) is 0.666. The van der Waals surface area contributed by atoms with Crippen molar-refractivity contribution >= 4 is 29.0 Å². The van der Waals surface area contributed by atoms with E-state index in [2.05, 4.69) is 12.2 Å². The van der Waals surface area contributed by atoms with Gasteiger partial charge in [0, 0.05) is 11.4 Å². The zero-order chi connectivity index (χ0) is 16.1. The van der Waals surface area contributed by atoms with Crippen molar-refractivity contribution in [2.45, 2.75) is 39.7 Å². The molecule has 0 bridgehead atoms. The Kier molecular flexibility index (Phi) is 5.55. The number of rotatable bonds is 5. The van der Waals surface area contributed by atoms with Crippen LogP contribution in [0.3, 0.4) is 0 Å². The number of carbonyl (C=O) groups is 1. The molecule has 0 fully saturated rings. The minimum atomic E-state index is -0.269. The van der Waals surface area contributed by atoms with Crippen molar-refractivity contribution in [3.63, 3.8) is 0 Å². The fraction of sp³-hybridized carbons (Fsp3) is 0.412. The Balaban J connectivity index is 2.47. The molecule has 0 unspecified atom stereocenters. The molecule has 5 heteroatoms. The molecule has 0 radical (unpaired) electrons. The average molecular weight is 318 g/mol. The number of allylic oxidation sites excluding steroid dienone is 1. The van der Waals surface area contributed by atoms with E-state index in [4.69, 9.17) is 17.0 Å². The number of hydrogen-bond donors (Lipinski definition) is 1. The van der Waals surface area contributed by atoms with Crippen molar-refractivity contribution in [2.24, 2.45) is 0 Å². The third-order valence-corrected chi connectivity index (χ3v) is 3.96. The van der Waals surface area contributed by atoms with Crippen LogP contribution >= 0.6 is 12.2 Å². The highest BCUT2D eigenvalue weighted by atomic mass is 32.1. The van der Waals surface area contributed by atoms with E-state index in [1.165, 1.54) is 0 Å². The fourth-order valence-corrected chi connectivity index (χ4v) is 3.09. The lowest BCUT2D eigenvalue weighted by molar-refractivity contribution is -0.139. The van der Waals surface area contributed by atoms with Crippen LogP contribution in [0.1, 0.15) is 33.6 Å². The van der Waals surface area contributed by atoms with E-state index >= 15 is 0 Å². The van der Waals surface area contributed by atoms with Crippen LogP contribution in [-0.4, -0.2) is 23.7 Å². The Morgan fingerprint density at radius 3 is 2.59 bits per heavy atom. The van der Waals surface area contributed by atoms with Gasteiger partial charge < -0.3 is 10.1 Å². The molecule has 0 aromatic heterocycles. The number of benzene rings is 1. The van der Waals surface area contributed by atoms with Gasteiger partial charge in [0.25, 0.3) is 0 Å². The molecule has 0 amide bonds. The average Bonchev–Trinajstić information content (AvgIpc) is 2.48. The number of anilines is 1. The number of hydrogen-bond acceptors (Lipinski definition) is 3. The van der Waals surface area contributed by atoms with Crippen LogP contribution in [0.5, 0.6) is 0 Å². The Morgan fingerprint density at radius 2 is 2.00 bits per heavy atom. The second-order valence-corrected chi connectivity index (χ2v) is 5.57. The van der Waals surface area contributed by atoms with E-state index in [1.807, 2.05) is 49.1 Å². The number of carbonyl (C=O) groups excluding carboxylic acids is 1. The Bertz CT molecular complexity index is 584. The highest BCUT2D eigenvalue weighted by Crippen LogP contribution is 2.28. The maximum Gasteiger partial charge on any atom is 0.337 e. The Labute approximate surface area is 137 Å². The second kappa shape index (κ2) is 7.40. The predicted molar refractivity (Wildman–Crippen MR) is 92.7 cm³/mol. The summed E-state index contributed by atoms with van der Waals surface area (Å²) in [6.45, 7) is 6.20. The van der Waals surface area contributed by atoms with Crippen molar-refractivity contribution in [2.75, 3.05) is 11.5 Å². The lowest BCUT2D eigenvalue weighted by Crippen LogP contribution is -2.52. The standard InChI is InChI=1S/C17H22N2O2S/c1-4-9-14-15(16(20)21-5-2)12(3)19(17(22)18-14)13-10-7-6-8-11-13/h6-8,10-11,14H,4-5,9H2,1-3H3,(H,18,22)/t14-/m0/s1. The molecule has 1 heterocycles. The summed E-state index contributed by atoms with van der Waals surface area (Å²) in [4.78, 5) is 14.3. The van der Waals surface area contributed by atoms with E-state index in [1.54, 1.807) is 0 Å². The van der Waals surface area contributed by atoms with Gasteiger partial charge in [-0.15, -0.1) is 0 Å². The first-order valence-corrected chi connectivity index (χ1v) is 8.04. The molecule has 4 nitrogen and oxygen atoms in total. The monoisotopic (exact) mass is 318 g/mol. The van der Waals surface area contributed by atoms with Crippen LogP contribution in [0.4, 0.5) is 5.69 Å². The Hall–Kier alpha value is -1.88. The molecule has 0 saturated carbocycles. The van der Waals surface area contributed by atoms with E-state index in [0.717, 1.165) is 24.2 Å². The topological polar surface area (TPSA) is 41.6 Å². The lowest BCUT2D eigenvalue weighted by Gasteiger charge is -2.37. The van der Waals surface area contributed by atoms with Crippen molar-refractivity contribution in [1.82, 2.24) is 5.32 Å². The molecule has 118 valence electrons. The summed E-state index contributed by atoms with van der Waals surface area (Å²) in [5.74, 6) is -0.269. The summed E-state index contributed by atoms with van der Waals surface area (Å²) in [5, 5.41) is 3.90. The van der Waals surface area contributed by atoms with Crippen LogP contribution < -0.4 is 10.2 Å². The van der Waals surface area contributed by atoms with Gasteiger partial charge in [0.05, 0.1) is 18.2 Å². The third kappa shape index (κ3) is 3.30. The lowest BCUT2D eigenvalue weighted by atomic mass is 9.98. The summed E-state index contributed by atoms with van der Waals surface area (Å²) in [6.07, 6.45) is 1.80. The first-order valence-electron chi connectivity index (χ1n) is 7.63. The summed E-state index contributed by atoms with van der Waals surface area (Å²) in [7, 11) is 0. The smallest absolute Gasteiger partial charge is 0.337 e. The van der Waals surface area contributed by atoms with E-state index in [0.29, 0.717) is 17.3 Å². The normalized spacial score (nSPS) is 18.2. The summed E-state index contributed by atoms with van der Waals surface area (Å²) in [5.41, 5.74) is 2.45. The Morgan fingerprint density at radius 1 is 1.32 bits per heavy atom. The predicted octanol–water partition coefficient (Wildman–Crippen LogP) is 3.39. The van der Waals surface area contributed by atoms with Crippen molar-refractivity contribution < 1.29 is 9.53 Å². The molecule has 1 N–H and O–H groups in total. The van der Waals surface area contributed by atoms with Gasteiger partial charge in [-0.2, -0.15) is 0 Å². The van der Waals surface area contributed by atoms with Gasteiger partial charge in [-0.1, -0.05) is 31.5 Å². The van der Waals surface area contributed by atoms with Crippen LogP contribution in [0.15, 0.2) is 41.6 Å².